The predicted octanol–water partition coefficient (Wildman–Crippen LogP) is 3.47. The van der Waals surface area contributed by atoms with E-state index < -0.39 is 0 Å². The summed E-state index contributed by atoms with van der Waals surface area (Å²) in [6.07, 6.45) is 0. The fourth-order valence-electron chi connectivity index (χ4n) is 2.31. The van der Waals surface area contributed by atoms with Crippen LogP contribution in [0, 0.1) is 0 Å². The third-order valence-corrected chi connectivity index (χ3v) is 4.52. The van der Waals surface area contributed by atoms with Gasteiger partial charge in [-0.2, -0.15) is 0 Å². The number of ether oxygens (including phenoxy) is 1. The first kappa shape index (κ1) is 13.1. The molecule has 0 bridgehead atoms. The molecule has 4 heteroatoms. The van der Waals surface area contributed by atoms with E-state index >= 15 is 0 Å². The van der Waals surface area contributed by atoms with Crippen LogP contribution in [0.4, 0.5) is 5.69 Å². The van der Waals surface area contributed by atoms with E-state index in [1.807, 2.05) is 47.4 Å². The maximum atomic E-state index is 12.2. The van der Waals surface area contributed by atoms with E-state index in [9.17, 15) is 4.79 Å². The molecule has 0 N–H and O–H groups in total. The van der Waals surface area contributed by atoms with E-state index in [0.717, 1.165) is 17.0 Å². The molecular formula is C16H15NO2S. The molecule has 20 heavy (non-hydrogen) atoms. The summed E-state index contributed by atoms with van der Waals surface area (Å²) in [5.41, 5.74) is 2.06. The Kier molecular flexibility index (Phi) is 3.65. The molecule has 1 atom stereocenters. The molecule has 0 aliphatic carbocycles. The molecule has 1 unspecified atom stereocenters. The molecule has 0 aromatic heterocycles. The van der Waals surface area contributed by atoms with E-state index in [-0.39, 0.29) is 11.3 Å². The minimum atomic E-state index is 0.0529. The van der Waals surface area contributed by atoms with E-state index in [4.69, 9.17) is 4.74 Å². The Labute approximate surface area is 122 Å². The monoisotopic (exact) mass is 285 g/mol. The topological polar surface area (TPSA) is 29.5 Å². The van der Waals surface area contributed by atoms with Gasteiger partial charge < -0.3 is 4.74 Å². The fourth-order valence-corrected chi connectivity index (χ4v) is 3.49. The average Bonchev–Trinajstić information content (AvgIpc) is 2.90. The first-order valence-corrected chi connectivity index (χ1v) is 7.47. The highest BCUT2D eigenvalue weighted by atomic mass is 32.2. The zero-order valence-electron chi connectivity index (χ0n) is 11.2. The Bertz CT molecular complexity index is 598. The zero-order valence-corrected chi connectivity index (χ0v) is 12.0. The third kappa shape index (κ3) is 2.39. The normalized spacial score (nSPS) is 18.4. The van der Waals surface area contributed by atoms with Crippen molar-refractivity contribution in [3.05, 3.63) is 60.2 Å². The van der Waals surface area contributed by atoms with Gasteiger partial charge in [0, 0.05) is 5.69 Å². The van der Waals surface area contributed by atoms with Crippen LogP contribution in [0.15, 0.2) is 54.6 Å². The lowest BCUT2D eigenvalue weighted by atomic mass is 10.2. The lowest BCUT2D eigenvalue weighted by Crippen LogP contribution is -2.27. The number of carbonyl (C=O) groups excluding carboxylic acids is 1. The van der Waals surface area contributed by atoms with E-state index in [1.165, 1.54) is 0 Å². The first-order valence-electron chi connectivity index (χ1n) is 6.42. The van der Waals surface area contributed by atoms with Crippen LogP contribution in [0.5, 0.6) is 5.75 Å². The van der Waals surface area contributed by atoms with Gasteiger partial charge in [0.15, 0.2) is 0 Å². The van der Waals surface area contributed by atoms with Crippen LogP contribution in [-0.4, -0.2) is 18.8 Å². The Balaban J connectivity index is 1.94. The first-order chi connectivity index (χ1) is 9.79. The second-order valence-corrected chi connectivity index (χ2v) is 5.60. The number of methoxy groups -OCH3 is 1. The van der Waals surface area contributed by atoms with E-state index in [1.54, 1.807) is 18.9 Å². The summed E-state index contributed by atoms with van der Waals surface area (Å²) in [4.78, 5) is 14.0. The molecule has 2 aromatic carbocycles. The molecule has 0 saturated carbocycles. The average molecular weight is 285 g/mol. The number of thioether (sulfide) groups is 1. The SMILES string of the molecule is COc1ccc(N2C(=O)CSC2c2ccccc2)cc1. The van der Waals surface area contributed by atoms with Gasteiger partial charge in [-0.1, -0.05) is 30.3 Å². The van der Waals surface area contributed by atoms with Gasteiger partial charge in [0.1, 0.15) is 11.1 Å². The van der Waals surface area contributed by atoms with Crippen molar-refractivity contribution >= 4 is 23.4 Å². The molecule has 3 nitrogen and oxygen atoms in total. The van der Waals surface area contributed by atoms with Crippen molar-refractivity contribution in [1.29, 1.82) is 0 Å². The quantitative estimate of drug-likeness (QED) is 0.864. The second-order valence-electron chi connectivity index (χ2n) is 4.54. The van der Waals surface area contributed by atoms with Gasteiger partial charge in [-0.15, -0.1) is 11.8 Å². The Morgan fingerprint density at radius 2 is 1.80 bits per heavy atom. The maximum absolute atomic E-state index is 12.2. The number of hydrogen-bond acceptors (Lipinski definition) is 3. The highest BCUT2D eigenvalue weighted by molar-refractivity contribution is 8.00. The van der Waals surface area contributed by atoms with Crippen molar-refractivity contribution in [1.82, 2.24) is 0 Å². The van der Waals surface area contributed by atoms with Crippen molar-refractivity contribution in [2.75, 3.05) is 17.8 Å². The minimum Gasteiger partial charge on any atom is -0.497 e. The molecule has 0 radical (unpaired) electrons. The van der Waals surface area contributed by atoms with Crippen LogP contribution in [0.25, 0.3) is 0 Å². The number of amides is 1. The largest absolute Gasteiger partial charge is 0.497 e. The molecular weight excluding hydrogens is 270 g/mol. The molecule has 2 aromatic rings. The van der Waals surface area contributed by atoms with Gasteiger partial charge >= 0.3 is 0 Å². The number of carbonyl (C=O) groups is 1. The number of rotatable bonds is 3. The van der Waals surface area contributed by atoms with Gasteiger partial charge in [-0.3, -0.25) is 9.69 Å². The maximum Gasteiger partial charge on any atom is 0.238 e. The molecule has 0 spiro atoms. The standard InChI is InChI=1S/C16H15NO2S/c1-19-14-9-7-13(8-10-14)17-15(18)11-20-16(17)12-5-3-2-4-6-12/h2-10,16H,11H2,1H3. The highest BCUT2D eigenvalue weighted by Gasteiger charge is 2.33. The van der Waals surface area contributed by atoms with Gasteiger partial charge in [0.2, 0.25) is 5.91 Å². The van der Waals surface area contributed by atoms with Gasteiger partial charge in [0.25, 0.3) is 0 Å². The summed E-state index contributed by atoms with van der Waals surface area (Å²) >= 11 is 1.66. The zero-order chi connectivity index (χ0) is 13.9. The third-order valence-electron chi connectivity index (χ3n) is 3.30. The van der Waals surface area contributed by atoms with Crippen molar-refractivity contribution in [3.8, 4) is 5.75 Å². The number of anilines is 1. The summed E-state index contributed by atoms with van der Waals surface area (Å²) in [5, 5.41) is 0.0529. The summed E-state index contributed by atoms with van der Waals surface area (Å²) in [7, 11) is 1.64. The summed E-state index contributed by atoms with van der Waals surface area (Å²) < 4.78 is 5.16. The van der Waals surface area contributed by atoms with E-state index in [2.05, 4.69) is 12.1 Å². The van der Waals surface area contributed by atoms with Gasteiger partial charge in [0.05, 0.1) is 12.9 Å². The second kappa shape index (κ2) is 5.59. The summed E-state index contributed by atoms with van der Waals surface area (Å²) in [6.45, 7) is 0. The Hall–Kier alpha value is -1.94. The van der Waals surface area contributed by atoms with Crippen molar-refractivity contribution < 1.29 is 9.53 Å². The number of nitrogens with zero attached hydrogens (tertiary/aromatic N) is 1. The van der Waals surface area contributed by atoms with Crippen molar-refractivity contribution in [2.45, 2.75) is 5.37 Å². The van der Waals surface area contributed by atoms with Crippen LogP contribution in [0.2, 0.25) is 0 Å². The Morgan fingerprint density at radius 1 is 1.10 bits per heavy atom. The van der Waals surface area contributed by atoms with Crippen LogP contribution in [-0.2, 0) is 4.79 Å². The predicted molar refractivity (Wildman–Crippen MR) is 82.1 cm³/mol. The lowest BCUT2D eigenvalue weighted by Gasteiger charge is -2.24. The van der Waals surface area contributed by atoms with Crippen molar-refractivity contribution in [3.63, 3.8) is 0 Å². The molecule has 3 rings (SSSR count). The molecule has 1 amide bonds. The molecule has 1 heterocycles. The van der Waals surface area contributed by atoms with Crippen LogP contribution in [0.3, 0.4) is 0 Å². The smallest absolute Gasteiger partial charge is 0.238 e. The highest BCUT2D eigenvalue weighted by Crippen LogP contribution is 2.41. The van der Waals surface area contributed by atoms with Crippen LogP contribution >= 0.6 is 11.8 Å². The fraction of sp³-hybridized carbons (Fsp3) is 0.188. The number of hydrogen-bond donors (Lipinski definition) is 0. The molecule has 102 valence electrons. The lowest BCUT2D eigenvalue weighted by molar-refractivity contribution is -0.115. The van der Waals surface area contributed by atoms with Crippen molar-refractivity contribution in [2.24, 2.45) is 0 Å². The van der Waals surface area contributed by atoms with Gasteiger partial charge in [-0.05, 0) is 29.8 Å². The molecule has 1 aliphatic rings. The molecule has 1 aliphatic heterocycles. The van der Waals surface area contributed by atoms with E-state index in [0.29, 0.717) is 5.75 Å². The minimum absolute atomic E-state index is 0.0529. The van der Waals surface area contributed by atoms with Gasteiger partial charge in [-0.25, -0.2) is 0 Å². The van der Waals surface area contributed by atoms with Crippen LogP contribution < -0.4 is 9.64 Å². The molecule has 1 saturated heterocycles. The molecule has 1 fully saturated rings. The summed E-state index contributed by atoms with van der Waals surface area (Å²) in [5.74, 6) is 1.46. The number of benzene rings is 2. The Morgan fingerprint density at radius 3 is 2.45 bits per heavy atom. The van der Waals surface area contributed by atoms with Crippen LogP contribution in [0.1, 0.15) is 10.9 Å². The summed E-state index contributed by atoms with van der Waals surface area (Å²) in [6, 6.07) is 17.7.